The van der Waals surface area contributed by atoms with Gasteiger partial charge in [-0.25, -0.2) is 4.79 Å². The van der Waals surface area contributed by atoms with E-state index >= 15 is 0 Å². The van der Waals surface area contributed by atoms with Crippen molar-refractivity contribution in [1.29, 1.82) is 0 Å². The van der Waals surface area contributed by atoms with Gasteiger partial charge in [0.1, 0.15) is 5.69 Å². The van der Waals surface area contributed by atoms with Gasteiger partial charge in [-0.1, -0.05) is 13.8 Å². The van der Waals surface area contributed by atoms with Gasteiger partial charge in [-0.3, -0.25) is 0 Å². The Labute approximate surface area is 96.1 Å². The van der Waals surface area contributed by atoms with E-state index in [1.165, 1.54) is 6.42 Å². The molecule has 2 rings (SSSR count). The second kappa shape index (κ2) is 4.32. The summed E-state index contributed by atoms with van der Waals surface area (Å²) in [5, 5.41) is 9.10. The summed E-state index contributed by atoms with van der Waals surface area (Å²) in [7, 11) is 0. The zero-order chi connectivity index (χ0) is 11.7. The van der Waals surface area contributed by atoms with E-state index in [0.29, 0.717) is 23.6 Å². The van der Waals surface area contributed by atoms with Crippen LogP contribution in [0.4, 0.5) is 0 Å². The van der Waals surface area contributed by atoms with Gasteiger partial charge in [0.25, 0.3) is 0 Å². The molecule has 1 aromatic heterocycles. The molecule has 16 heavy (non-hydrogen) atoms. The lowest BCUT2D eigenvalue weighted by Crippen LogP contribution is -2.24. The molecule has 2 atom stereocenters. The van der Waals surface area contributed by atoms with Gasteiger partial charge in [0, 0.05) is 12.2 Å². The zero-order valence-electron chi connectivity index (χ0n) is 9.89. The quantitative estimate of drug-likeness (QED) is 0.833. The Morgan fingerprint density at radius 3 is 2.50 bits per heavy atom. The van der Waals surface area contributed by atoms with Crippen molar-refractivity contribution in [3.63, 3.8) is 0 Å². The van der Waals surface area contributed by atoms with Crippen molar-refractivity contribution in [2.45, 2.75) is 39.2 Å². The molecule has 1 fully saturated rings. The van der Waals surface area contributed by atoms with Crippen molar-refractivity contribution in [3.05, 3.63) is 24.0 Å². The van der Waals surface area contributed by atoms with Crippen LogP contribution in [-0.2, 0) is 0 Å². The van der Waals surface area contributed by atoms with E-state index in [0.717, 1.165) is 12.8 Å². The lowest BCUT2D eigenvalue weighted by Gasteiger charge is -2.33. The number of aromatic nitrogens is 1. The molecule has 0 aromatic carbocycles. The Morgan fingerprint density at radius 2 is 1.94 bits per heavy atom. The highest BCUT2D eigenvalue weighted by atomic mass is 16.4. The van der Waals surface area contributed by atoms with Gasteiger partial charge >= 0.3 is 5.97 Å². The van der Waals surface area contributed by atoms with E-state index in [-0.39, 0.29) is 0 Å². The minimum Gasteiger partial charge on any atom is -0.477 e. The van der Waals surface area contributed by atoms with Gasteiger partial charge < -0.3 is 9.67 Å². The number of carboxylic acid groups (broad SMARTS) is 1. The van der Waals surface area contributed by atoms with Crippen LogP contribution in [0.3, 0.4) is 0 Å². The summed E-state index contributed by atoms with van der Waals surface area (Å²) in [5.41, 5.74) is 0.423. The zero-order valence-corrected chi connectivity index (χ0v) is 9.89. The first-order valence-corrected chi connectivity index (χ1v) is 5.98. The van der Waals surface area contributed by atoms with Gasteiger partial charge in [0.05, 0.1) is 0 Å². The highest BCUT2D eigenvalue weighted by molar-refractivity contribution is 5.85. The van der Waals surface area contributed by atoms with E-state index in [2.05, 4.69) is 13.8 Å². The molecule has 1 saturated carbocycles. The Hall–Kier alpha value is -1.25. The molecule has 0 amide bonds. The van der Waals surface area contributed by atoms with Crippen molar-refractivity contribution in [2.24, 2.45) is 11.8 Å². The number of carbonyl (C=O) groups is 1. The Morgan fingerprint density at radius 1 is 1.31 bits per heavy atom. The minimum absolute atomic E-state index is 0.361. The molecule has 0 radical (unpaired) electrons. The van der Waals surface area contributed by atoms with Crippen molar-refractivity contribution in [2.75, 3.05) is 0 Å². The lowest BCUT2D eigenvalue weighted by molar-refractivity contribution is 0.0677. The Bertz CT molecular complexity index is 373. The van der Waals surface area contributed by atoms with Crippen LogP contribution in [-0.4, -0.2) is 15.6 Å². The van der Waals surface area contributed by atoms with E-state index in [1.807, 2.05) is 16.8 Å². The lowest BCUT2D eigenvalue weighted by atomic mass is 9.80. The second-order valence-electron chi connectivity index (χ2n) is 5.18. The molecular weight excluding hydrogens is 202 g/mol. The summed E-state index contributed by atoms with van der Waals surface area (Å²) >= 11 is 0. The Kier molecular flexibility index (Phi) is 3.03. The van der Waals surface area contributed by atoms with E-state index in [1.54, 1.807) is 6.07 Å². The summed E-state index contributed by atoms with van der Waals surface area (Å²) in [5.74, 6) is 0.562. The number of aromatic carboxylic acids is 1. The average molecular weight is 221 g/mol. The normalized spacial score (nSPS) is 30.2. The van der Waals surface area contributed by atoms with Crippen LogP contribution in [0, 0.1) is 11.8 Å². The van der Waals surface area contributed by atoms with Crippen LogP contribution in [0.2, 0.25) is 0 Å². The fourth-order valence-electron chi connectivity index (χ4n) is 3.03. The highest BCUT2D eigenvalue weighted by Gasteiger charge is 2.26. The summed E-state index contributed by atoms with van der Waals surface area (Å²) in [6.07, 6.45) is 5.36. The summed E-state index contributed by atoms with van der Waals surface area (Å²) in [6.45, 7) is 4.51. The van der Waals surface area contributed by atoms with Crippen LogP contribution in [0.5, 0.6) is 0 Å². The van der Waals surface area contributed by atoms with Crippen LogP contribution in [0.1, 0.15) is 49.6 Å². The summed E-state index contributed by atoms with van der Waals surface area (Å²) < 4.78 is 1.94. The number of carboxylic acids is 1. The van der Waals surface area contributed by atoms with Crippen molar-refractivity contribution < 1.29 is 9.90 Å². The average Bonchev–Trinajstić information content (AvgIpc) is 2.63. The highest BCUT2D eigenvalue weighted by Crippen LogP contribution is 2.36. The topological polar surface area (TPSA) is 42.2 Å². The third-order valence-corrected chi connectivity index (χ3v) is 3.55. The SMILES string of the molecule is CC1CC(C)CC(n2cccc2C(=O)O)C1. The van der Waals surface area contributed by atoms with E-state index in [9.17, 15) is 4.79 Å². The minimum atomic E-state index is -0.823. The molecule has 1 aliphatic carbocycles. The molecule has 0 spiro atoms. The second-order valence-corrected chi connectivity index (χ2v) is 5.18. The van der Waals surface area contributed by atoms with Gasteiger partial charge in [0.2, 0.25) is 0 Å². The fraction of sp³-hybridized carbons (Fsp3) is 0.615. The van der Waals surface area contributed by atoms with E-state index < -0.39 is 5.97 Å². The molecule has 0 aliphatic heterocycles. The number of nitrogens with zero attached hydrogens (tertiary/aromatic N) is 1. The standard InChI is InChI=1S/C13H19NO2/c1-9-6-10(2)8-11(7-9)14-5-3-4-12(14)13(15)16/h3-5,9-11H,6-8H2,1-2H3,(H,15,16). The van der Waals surface area contributed by atoms with Crippen LogP contribution < -0.4 is 0 Å². The first-order valence-electron chi connectivity index (χ1n) is 5.98. The molecule has 0 bridgehead atoms. The monoisotopic (exact) mass is 221 g/mol. The maximum atomic E-state index is 11.1. The van der Waals surface area contributed by atoms with Crippen molar-refractivity contribution >= 4 is 5.97 Å². The molecule has 3 nitrogen and oxygen atoms in total. The van der Waals surface area contributed by atoms with Crippen LogP contribution in [0.25, 0.3) is 0 Å². The third-order valence-electron chi connectivity index (χ3n) is 3.55. The first-order chi connectivity index (χ1) is 7.58. The number of hydrogen-bond acceptors (Lipinski definition) is 1. The fourth-order valence-corrected chi connectivity index (χ4v) is 3.03. The van der Waals surface area contributed by atoms with E-state index in [4.69, 9.17) is 5.11 Å². The van der Waals surface area contributed by atoms with Gasteiger partial charge in [-0.05, 0) is 43.2 Å². The number of rotatable bonds is 2. The predicted molar refractivity (Wildman–Crippen MR) is 62.6 cm³/mol. The predicted octanol–water partition coefficient (Wildman–Crippen LogP) is 3.18. The van der Waals surface area contributed by atoms with Crippen molar-refractivity contribution in [3.8, 4) is 0 Å². The van der Waals surface area contributed by atoms with Crippen LogP contribution in [0.15, 0.2) is 18.3 Å². The number of hydrogen-bond donors (Lipinski definition) is 1. The van der Waals surface area contributed by atoms with Gasteiger partial charge in [-0.2, -0.15) is 0 Å². The maximum Gasteiger partial charge on any atom is 0.352 e. The molecule has 3 heteroatoms. The molecular formula is C13H19NO2. The molecule has 1 heterocycles. The van der Waals surface area contributed by atoms with Crippen molar-refractivity contribution in [1.82, 2.24) is 4.57 Å². The summed E-state index contributed by atoms with van der Waals surface area (Å²) in [4.78, 5) is 11.1. The molecule has 1 aliphatic rings. The largest absolute Gasteiger partial charge is 0.477 e. The molecule has 0 saturated heterocycles. The smallest absolute Gasteiger partial charge is 0.352 e. The molecule has 1 N–H and O–H groups in total. The van der Waals surface area contributed by atoms with Gasteiger partial charge in [0.15, 0.2) is 0 Å². The van der Waals surface area contributed by atoms with Gasteiger partial charge in [-0.15, -0.1) is 0 Å². The third kappa shape index (κ3) is 2.13. The maximum absolute atomic E-state index is 11.1. The summed E-state index contributed by atoms with van der Waals surface area (Å²) in [6, 6.07) is 3.87. The van der Waals surface area contributed by atoms with Crippen LogP contribution >= 0.6 is 0 Å². The first kappa shape index (κ1) is 11.2. The molecule has 2 unspecified atom stereocenters. The molecule has 1 aromatic rings. The molecule has 88 valence electrons. The Balaban J connectivity index is 2.23.